The highest BCUT2D eigenvalue weighted by atomic mass is 32.2. The Morgan fingerprint density at radius 2 is 1.83 bits per heavy atom. The molecule has 1 saturated heterocycles. The van der Waals surface area contributed by atoms with E-state index in [4.69, 9.17) is 0 Å². The van der Waals surface area contributed by atoms with Crippen molar-refractivity contribution in [2.24, 2.45) is 0 Å². The van der Waals surface area contributed by atoms with Gasteiger partial charge in [-0.2, -0.15) is 0 Å². The van der Waals surface area contributed by atoms with Gasteiger partial charge >= 0.3 is 5.97 Å². The molecule has 1 aliphatic heterocycles. The Morgan fingerprint density at radius 3 is 2.50 bits per heavy atom. The third-order valence-corrected chi connectivity index (χ3v) is 5.61. The van der Waals surface area contributed by atoms with Gasteiger partial charge in [0.15, 0.2) is 9.84 Å². The molecule has 0 spiro atoms. The number of sulfone groups is 1. The van der Waals surface area contributed by atoms with Crippen LogP contribution in [0.25, 0.3) is 11.3 Å². The van der Waals surface area contributed by atoms with Crippen molar-refractivity contribution < 1.29 is 23.1 Å². The number of aromatic nitrogens is 1. The fraction of sp³-hybridized carbons (Fsp3) is 0.250. The molecule has 8 heteroatoms. The first-order valence-electron chi connectivity index (χ1n) is 7.36. The summed E-state index contributed by atoms with van der Waals surface area (Å²) in [5.74, 6) is -2.62. The van der Waals surface area contributed by atoms with Crippen LogP contribution >= 0.6 is 0 Å². The van der Waals surface area contributed by atoms with E-state index in [1.54, 1.807) is 12.1 Å². The maximum Gasteiger partial charge on any atom is 0.327 e. The number of carbonyl (C=O) groups is 2. The van der Waals surface area contributed by atoms with Gasteiger partial charge < -0.3 is 15.0 Å². The molecule has 2 heterocycles. The zero-order chi connectivity index (χ0) is 17.3. The summed E-state index contributed by atoms with van der Waals surface area (Å²) in [5.41, 5.74) is 1.86. The molecule has 1 aromatic heterocycles. The Kier molecular flexibility index (Phi) is 4.15. The van der Waals surface area contributed by atoms with E-state index >= 15 is 0 Å². The molecular formula is C16H16N2O5S. The van der Waals surface area contributed by atoms with Crippen LogP contribution in [0.5, 0.6) is 0 Å². The molecule has 1 fully saturated rings. The molecule has 0 saturated carbocycles. The van der Waals surface area contributed by atoms with Gasteiger partial charge in [-0.25, -0.2) is 13.2 Å². The zero-order valence-corrected chi connectivity index (χ0v) is 13.5. The summed E-state index contributed by atoms with van der Waals surface area (Å²) in [6, 6.07) is 11.3. The van der Waals surface area contributed by atoms with E-state index in [1.807, 2.05) is 30.3 Å². The molecule has 7 nitrogen and oxygen atoms in total. The summed E-state index contributed by atoms with van der Waals surface area (Å²) in [7, 11) is -3.45. The Morgan fingerprint density at radius 1 is 1.12 bits per heavy atom. The summed E-state index contributed by atoms with van der Waals surface area (Å²) in [6.45, 7) is -0.127. The number of benzene rings is 1. The number of amides is 1. The molecule has 1 aliphatic rings. The van der Waals surface area contributed by atoms with Crippen molar-refractivity contribution in [3.05, 3.63) is 48.2 Å². The molecule has 2 aromatic rings. The maximum atomic E-state index is 12.6. The smallest absolute Gasteiger partial charge is 0.327 e. The average molecular weight is 348 g/mol. The van der Waals surface area contributed by atoms with Gasteiger partial charge in [-0.05, 0) is 17.7 Å². The predicted molar refractivity (Wildman–Crippen MR) is 87.3 cm³/mol. The fourth-order valence-corrected chi connectivity index (χ4v) is 4.16. The summed E-state index contributed by atoms with van der Waals surface area (Å²) < 4.78 is 23.3. The topological polar surface area (TPSA) is 108 Å². The van der Waals surface area contributed by atoms with Crippen LogP contribution in [0, 0.1) is 0 Å². The maximum absolute atomic E-state index is 12.6. The number of carbonyl (C=O) groups excluding carboxylic acids is 1. The van der Waals surface area contributed by atoms with Gasteiger partial charge in [0.25, 0.3) is 5.91 Å². The second-order valence-corrected chi connectivity index (χ2v) is 7.85. The summed E-state index contributed by atoms with van der Waals surface area (Å²) in [4.78, 5) is 28.0. The first-order valence-corrected chi connectivity index (χ1v) is 9.18. The largest absolute Gasteiger partial charge is 0.480 e. The third-order valence-electron chi connectivity index (χ3n) is 3.98. The van der Waals surface area contributed by atoms with Crippen LogP contribution in [0.15, 0.2) is 42.5 Å². The van der Waals surface area contributed by atoms with Crippen molar-refractivity contribution in [1.29, 1.82) is 0 Å². The molecule has 3 rings (SSSR count). The number of aromatic amines is 1. The molecule has 1 unspecified atom stereocenters. The van der Waals surface area contributed by atoms with E-state index in [-0.39, 0.29) is 18.0 Å². The minimum absolute atomic E-state index is 0.127. The molecule has 1 aromatic carbocycles. The van der Waals surface area contributed by atoms with Crippen LogP contribution < -0.4 is 0 Å². The third kappa shape index (κ3) is 3.18. The number of aliphatic carboxylic acids is 1. The highest BCUT2D eigenvalue weighted by Gasteiger charge is 2.39. The molecule has 126 valence electrons. The minimum Gasteiger partial charge on any atom is -0.480 e. The standard InChI is InChI=1S/C16H16N2O5S/c19-15(18-8-9-24(22,23)10-14(18)16(20)21)13-7-6-12(17-13)11-4-2-1-3-5-11/h1-7,14,17H,8-10H2,(H,20,21). The minimum atomic E-state index is -3.45. The first-order chi connectivity index (χ1) is 11.4. The first kappa shape index (κ1) is 16.3. The quantitative estimate of drug-likeness (QED) is 0.860. The number of hydrogen-bond acceptors (Lipinski definition) is 4. The van der Waals surface area contributed by atoms with Crippen LogP contribution in [-0.2, 0) is 14.6 Å². The van der Waals surface area contributed by atoms with Gasteiger partial charge in [-0.1, -0.05) is 30.3 Å². The Labute approximate surface area is 138 Å². The predicted octanol–water partition coefficient (Wildman–Crippen LogP) is 1.01. The van der Waals surface area contributed by atoms with Crippen molar-refractivity contribution in [3.8, 4) is 11.3 Å². The molecular weight excluding hydrogens is 332 g/mol. The molecule has 0 radical (unpaired) electrons. The fourth-order valence-electron chi connectivity index (χ4n) is 2.72. The number of hydrogen-bond donors (Lipinski definition) is 2. The Balaban J connectivity index is 1.86. The normalized spacial score (nSPS) is 19.8. The summed E-state index contributed by atoms with van der Waals surface area (Å²) in [6.07, 6.45) is 0. The van der Waals surface area contributed by atoms with E-state index < -0.39 is 33.5 Å². The van der Waals surface area contributed by atoms with Crippen LogP contribution in [0.2, 0.25) is 0 Å². The number of nitrogens with one attached hydrogen (secondary N) is 1. The molecule has 0 aliphatic carbocycles. The lowest BCUT2D eigenvalue weighted by Gasteiger charge is -2.32. The SMILES string of the molecule is O=C(O)C1CS(=O)(=O)CCN1C(=O)c1ccc(-c2ccccc2)[nH]1. The lowest BCUT2D eigenvalue weighted by atomic mass is 10.2. The zero-order valence-electron chi connectivity index (χ0n) is 12.7. The second kappa shape index (κ2) is 6.12. The van der Waals surface area contributed by atoms with Crippen LogP contribution in [0.3, 0.4) is 0 Å². The average Bonchev–Trinajstić information content (AvgIpc) is 3.04. The van der Waals surface area contributed by atoms with Gasteiger partial charge in [0.1, 0.15) is 11.7 Å². The monoisotopic (exact) mass is 348 g/mol. The van der Waals surface area contributed by atoms with Crippen LogP contribution in [-0.4, -0.2) is 59.4 Å². The summed E-state index contributed by atoms with van der Waals surface area (Å²) in [5, 5.41) is 9.25. The van der Waals surface area contributed by atoms with Crippen LogP contribution in [0.1, 0.15) is 10.5 Å². The number of carboxylic acid groups (broad SMARTS) is 1. The van der Waals surface area contributed by atoms with Crippen molar-refractivity contribution in [3.63, 3.8) is 0 Å². The lowest BCUT2D eigenvalue weighted by molar-refractivity contribution is -0.141. The van der Waals surface area contributed by atoms with Gasteiger partial charge in [0.2, 0.25) is 0 Å². The van der Waals surface area contributed by atoms with E-state index in [0.29, 0.717) is 0 Å². The van der Waals surface area contributed by atoms with Crippen LogP contribution in [0.4, 0.5) is 0 Å². The van der Waals surface area contributed by atoms with Crippen molar-refractivity contribution in [2.75, 3.05) is 18.1 Å². The molecule has 24 heavy (non-hydrogen) atoms. The highest BCUT2D eigenvalue weighted by molar-refractivity contribution is 7.91. The molecule has 1 atom stereocenters. The van der Waals surface area contributed by atoms with Gasteiger partial charge in [-0.15, -0.1) is 0 Å². The highest BCUT2D eigenvalue weighted by Crippen LogP contribution is 2.21. The molecule has 0 bridgehead atoms. The second-order valence-electron chi connectivity index (χ2n) is 5.62. The van der Waals surface area contributed by atoms with Gasteiger partial charge in [-0.3, -0.25) is 4.79 Å². The molecule has 2 N–H and O–H groups in total. The number of nitrogens with zero attached hydrogens (tertiary/aromatic N) is 1. The van der Waals surface area contributed by atoms with Gasteiger partial charge in [0.05, 0.1) is 11.5 Å². The van der Waals surface area contributed by atoms with Gasteiger partial charge in [0, 0.05) is 12.2 Å². The van der Waals surface area contributed by atoms with Crippen molar-refractivity contribution in [1.82, 2.24) is 9.88 Å². The van der Waals surface area contributed by atoms with E-state index in [9.17, 15) is 23.1 Å². The van der Waals surface area contributed by atoms with E-state index in [2.05, 4.69) is 4.98 Å². The molecule has 1 amide bonds. The number of carboxylic acids is 1. The van der Waals surface area contributed by atoms with E-state index in [0.717, 1.165) is 16.2 Å². The van der Waals surface area contributed by atoms with E-state index in [1.165, 1.54) is 0 Å². The Bertz CT molecular complexity index is 873. The number of H-pyrrole nitrogens is 1. The van der Waals surface area contributed by atoms with Crippen molar-refractivity contribution >= 4 is 21.7 Å². The Hall–Kier alpha value is -2.61. The lowest BCUT2D eigenvalue weighted by Crippen LogP contribution is -2.54. The summed E-state index contributed by atoms with van der Waals surface area (Å²) >= 11 is 0. The van der Waals surface area contributed by atoms with Crippen molar-refractivity contribution in [2.45, 2.75) is 6.04 Å². The number of rotatable bonds is 3.